The minimum Gasteiger partial charge on any atom is -0.303 e. The molecule has 0 radical (unpaired) electrons. The van der Waals surface area contributed by atoms with Crippen LogP contribution in [0.25, 0.3) is 0 Å². The average molecular weight is 271 g/mol. The van der Waals surface area contributed by atoms with Crippen molar-refractivity contribution >= 4 is 0 Å². The quantitative estimate of drug-likeness (QED) is 0.812. The van der Waals surface area contributed by atoms with Gasteiger partial charge < -0.3 is 5.32 Å². The second-order valence-corrected chi connectivity index (χ2v) is 5.28. The summed E-state index contributed by atoms with van der Waals surface area (Å²) in [7, 11) is 0. The topological polar surface area (TPSA) is 12.0 Å². The van der Waals surface area contributed by atoms with Crippen LogP contribution in [0.2, 0.25) is 0 Å². The van der Waals surface area contributed by atoms with E-state index >= 15 is 0 Å². The molecule has 0 heterocycles. The van der Waals surface area contributed by atoms with Gasteiger partial charge in [-0.3, -0.25) is 0 Å². The van der Waals surface area contributed by atoms with Crippen LogP contribution in [0.4, 0.5) is 4.39 Å². The van der Waals surface area contributed by atoms with E-state index in [4.69, 9.17) is 0 Å². The van der Waals surface area contributed by atoms with Crippen molar-refractivity contribution in [3.05, 3.63) is 71.0 Å². The summed E-state index contributed by atoms with van der Waals surface area (Å²) in [4.78, 5) is 0. The lowest BCUT2D eigenvalue weighted by molar-refractivity contribution is 0.439. The molecule has 2 atom stereocenters. The summed E-state index contributed by atoms with van der Waals surface area (Å²) < 4.78 is 13.9. The molecule has 2 aromatic carbocycles. The Morgan fingerprint density at radius 2 is 1.85 bits per heavy atom. The highest BCUT2D eigenvalue weighted by molar-refractivity contribution is 5.26. The summed E-state index contributed by atoms with van der Waals surface area (Å²) in [6, 6.07) is 15.7. The molecule has 0 saturated heterocycles. The molecule has 0 amide bonds. The van der Waals surface area contributed by atoms with Crippen LogP contribution in [0, 0.1) is 12.7 Å². The van der Waals surface area contributed by atoms with Crippen LogP contribution in [0.15, 0.2) is 48.5 Å². The van der Waals surface area contributed by atoms with Gasteiger partial charge in [0.2, 0.25) is 0 Å². The van der Waals surface area contributed by atoms with Gasteiger partial charge in [0.15, 0.2) is 0 Å². The highest BCUT2D eigenvalue weighted by Crippen LogP contribution is 2.24. The van der Waals surface area contributed by atoms with Crippen molar-refractivity contribution in [1.82, 2.24) is 5.32 Å². The second-order valence-electron chi connectivity index (χ2n) is 5.28. The lowest BCUT2D eigenvalue weighted by atomic mass is 10.00. The molecule has 0 aromatic heterocycles. The number of hydrogen-bond acceptors (Lipinski definition) is 1. The van der Waals surface area contributed by atoms with Crippen LogP contribution in [-0.2, 0) is 0 Å². The molecule has 1 unspecified atom stereocenters. The third-order valence-corrected chi connectivity index (χ3v) is 3.68. The van der Waals surface area contributed by atoms with Crippen molar-refractivity contribution in [1.29, 1.82) is 0 Å². The Morgan fingerprint density at radius 1 is 1.10 bits per heavy atom. The van der Waals surface area contributed by atoms with Crippen molar-refractivity contribution in [3.8, 4) is 0 Å². The molecule has 0 aliphatic rings. The largest absolute Gasteiger partial charge is 0.303 e. The van der Waals surface area contributed by atoms with Gasteiger partial charge in [-0.1, -0.05) is 55.0 Å². The molecule has 0 aliphatic carbocycles. The van der Waals surface area contributed by atoms with E-state index in [1.54, 1.807) is 6.07 Å². The minimum absolute atomic E-state index is 0.0340. The number of rotatable bonds is 5. The molecule has 0 saturated carbocycles. The first kappa shape index (κ1) is 14.7. The summed E-state index contributed by atoms with van der Waals surface area (Å²) >= 11 is 0. The summed E-state index contributed by atoms with van der Waals surface area (Å²) in [5.41, 5.74) is 3.23. The predicted molar refractivity (Wildman–Crippen MR) is 82.2 cm³/mol. The fourth-order valence-corrected chi connectivity index (χ4v) is 2.52. The van der Waals surface area contributed by atoms with Gasteiger partial charge in [0.25, 0.3) is 0 Å². The van der Waals surface area contributed by atoms with E-state index in [0.29, 0.717) is 0 Å². The third kappa shape index (κ3) is 3.45. The van der Waals surface area contributed by atoms with Crippen LogP contribution in [0.5, 0.6) is 0 Å². The number of hydrogen-bond donors (Lipinski definition) is 1. The van der Waals surface area contributed by atoms with Crippen molar-refractivity contribution in [3.63, 3.8) is 0 Å². The Morgan fingerprint density at radius 3 is 2.50 bits per heavy atom. The molecule has 2 aromatic rings. The number of halogens is 1. The Hall–Kier alpha value is -1.67. The fourth-order valence-electron chi connectivity index (χ4n) is 2.52. The smallest absolute Gasteiger partial charge is 0.127 e. The zero-order chi connectivity index (χ0) is 14.5. The lowest BCUT2D eigenvalue weighted by Crippen LogP contribution is -2.25. The van der Waals surface area contributed by atoms with Crippen LogP contribution in [0.1, 0.15) is 49.0 Å². The number of nitrogens with one attached hydrogen (secondary N) is 1. The van der Waals surface area contributed by atoms with Crippen LogP contribution in [-0.4, -0.2) is 0 Å². The summed E-state index contributed by atoms with van der Waals surface area (Å²) in [6.07, 6.45) is 0.858. The van der Waals surface area contributed by atoms with Gasteiger partial charge in [-0.25, -0.2) is 4.39 Å². The zero-order valence-electron chi connectivity index (χ0n) is 12.4. The van der Waals surface area contributed by atoms with Crippen LogP contribution < -0.4 is 5.32 Å². The minimum atomic E-state index is -0.136. The molecule has 2 rings (SSSR count). The standard InChI is InChI=1S/C18H22FN/c1-4-18(16-10-5-6-11-17(16)19)20-14(3)15-9-7-8-13(2)12-15/h5-12,14,18,20H,4H2,1-3H3/t14-,18?/m1/s1. The monoisotopic (exact) mass is 271 g/mol. The van der Waals surface area contributed by atoms with E-state index in [9.17, 15) is 4.39 Å². The number of benzene rings is 2. The SMILES string of the molecule is CCC(N[C@H](C)c1cccc(C)c1)c1ccccc1F. The Kier molecular flexibility index (Phi) is 4.91. The molecule has 1 nitrogen and oxygen atoms in total. The molecule has 0 aliphatic heterocycles. The van der Waals surface area contributed by atoms with Gasteiger partial charge in [0, 0.05) is 17.6 Å². The van der Waals surface area contributed by atoms with Gasteiger partial charge in [0.05, 0.1) is 0 Å². The molecule has 106 valence electrons. The van der Waals surface area contributed by atoms with Crippen molar-refractivity contribution in [2.45, 2.75) is 39.3 Å². The molecule has 2 heteroatoms. The van der Waals surface area contributed by atoms with Gasteiger partial charge in [0.1, 0.15) is 5.82 Å². The van der Waals surface area contributed by atoms with E-state index in [-0.39, 0.29) is 17.9 Å². The molecule has 0 bridgehead atoms. The van der Waals surface area contributed by atoms with Crippen LogP contribution >= 0.6 is 0 Å². The summed E-state index contributed by atoms with van der Waals surface area (Å²) in [6.45, 7) is 6.29. The zero-order valence-corrected chi connectivity index (χ0v) is 12.4. The summed E-state index contributed by atoms with van der Waals surface area (Å²) in [5, 5.41) is 3.53. The third-order valence-electron chi connectivity index (χ3n) is 3.68. The molecule has 0 spiro atoms. The summed E-state index contributed by atoms with van der Waals surface area (Å²) in [5.74, 6) is -0.136. The van der Waals surface area contributed by atoms with Crippen molar-refractivity contribution < 1.29 is 4.39 Å². The predicted octanol–water partition coefficient (Wildman–Crippen LogP) is 4.94. The van der Waals surface area contributed by atoms with E-state index < -0.39 is 0 Å². The molecule has 1 N–H and O–H groups in total. The first-order chi connectivity index (χ1) is 9.61. The van der Waals surface area contributed by atoms with Crippen molar-refractivity contribution in [2.75, 3.05) is 0 Å². The van der Waals surface area contributed by atoms with E-state index in [1.165, 1.54) is 17.2 Å². The second kappa shape index (κ2) is 6.67. The average Bonchev–Trinajstić information content (AvgIpc) is 2.45. The van der Waals surface area contributed by atoms with Crippen molar-refractivity contribution in [2.24, 2.45) is 0 Å². The first-order valence-electron chi connectivity index (χ1n) is 7.19. The van der Waals surface area contributed by atoms with Gasteiger partial charge in [-0.15, -0.1) is 0 Å². The van der Waals surface area contributed by atoms with Gasteiger partial charge >= 0.3 is 0 Å². The first-order valence-corrected chi connectivity index (χ1v) is 7.19. The highest BCUT2D eigenvalue weighted by atomic mass is 19.1. The molecular weight excluding hydrogens is 249 g/mol. The van der Waals surface area contributed by atoms with Gasteiger partial charge in [-0.05, 0) is 31.9 Å². The van der Waals surface area contributed by atoms with E-state index in [2.05, 4.69) is 50.4 Å². The maximum Gasteiger partial charge on any atom is 0.127 e. The lowest BCUT2D eigenvalue weighted by Gasteiger charge is -2.23. The Balaban J connectivity index is 2.16. The molecule has 0 fully saturated rings. The van der Waals surface area contributed by atoms with E-state index in [0.717, 1.165) is 12.0 Å². The maximum absolute atomic E-state index is 13.9. The normalized spacial score (nSPS) is 14.0. The Labute approximate surface area is 120 Å². The molecule has 20 heavy (non-hydrogen) atoms. The maximum atomic E-state index is 13.9. The highest BCUT2D eigenvalue weighted by Gasteiger charge is 2.16. The van der Waals surface area contributed by atoms with E-state index in [1.807, 2.05) is 12.1 Å². The number of aryl methyl sites for hydroxylation is 1. The molecular formula is C18H22FN. The fraction of sp³-hybridized carbons (Fsp3) is 0.333. The van der Waals surface area contributed by atoms with Gasteiger partial charge in [-0.2, -0.15) is 0 Å². The Bertz CT molecular complexity index is 565. The van der Waals surface area contributed by atoms with Crippen LogP contribution in [0.3, 0.4) is 0 Å².